The highest BCUT2D eigenvalue weighted by molar-refractivity contribution is 6.29. The molecule has 1 aromatic rings. The van der Waals surface area contributed by atoms with Gasteiger partial charge < -0.3 is 10.1 Å². The standard InChI is InChI=1S/C14H24ClN3O/c1-5-14(6-2,7-3)18-12-9-11(15)16-13(17-12)10-19-8-4/h9H,5-8,10H2,1-4H3,(H,16,17,18). The van der Waals surface area contributed by atoms with Gasteiger partial charge in [0.15, 0.2) is 5.82 Å². The Kier molecular flexibility index (Phi) is 6.52. The molecule has 0 aliphatic rings. The third-order valence-corrected chi connectivity index (χ3v) is 3.79. The maximum Gasteiger partial charge on any atom is 0.158 e. The van der Waals surface area contributed by atoms with Crippen LogP contribution in [0.25, 0.3) is 0 Å². The number of halogens is 1. The average Bonchev–Trinajstić information content (AvgIpc) is 2.42. The molecule has 5 heteroatoms. The summed E-state index contributed by atoms with van der Waals surface area (Å²) in [5, 5.41) is 3.96. The zero-order valence-corrected chi connectivity index (χ0v) is 13.0. The predicted octanol–water partition coefficient (Wildman–Crippen LogP) is 4.05. The molecule has 0 unspecified atom stereocenters. The SMILES string of the molecule is CCOCc1nc(Cl)cc(NC(CC)(CC)CC)n1. The molecule has 1 aromatic heterocycles. The van der Waals surface area contributed by atoms with Crippen molar-refractivity contribution in [3.8, 4) is 0 Å². The lowest BCUT2D eigenvalue weighted by atomic mass is 9.90. The van der Waals surface area contributed by atoms with E-state index in [1.54, 1.807) is 6.07 Å². The number of aromatic nitrogens is 2. The van der Waals surface area contributed by atoms with Crippen molar-refractivity contribution < 1.29 is 4.74 Å². The number of anilines is 1. The van der Waals surface area contributed by atoms with Crippen molar-refractivity contribution in [3.05, 3.63) is 17.0 Å². The summed E-state index contributed by atoms with van der Waals surface area (Å²) in [6.07, 6.45) is 3.13. The van der Waals surface area contributed by atoms with Gasteiger partial charge >= 0.3 is 0 Å². The van der Waals surface area contributed by atoms with Gasteiger partial charge in [-0.3, -0.25) is 0 Å². The minimum atomic E-state index is 0.0700. The molecule has 0 amide bonds. The highest BCUT2D eigenvalue weighted by atomic mass is 35.5. The van der Waals surface area contributed by atoms with Crippen molar-refractivity contribution in [2.75, 3.05) is 11.9 Å². The topological polar surface area (TPSA) is 47.0 Å². The molecule has 1 heterocycles. The zero-order chi connectivity index (χ0) is 14.3. The molecular weight excluding hydrogens is 262 g/mol. The third kappa shape index (κ3) is 4.62. The highest BCUT2D eigenvalue weighted by Gasteiger charge is 2.24. The van der Waals surface area contributed by atoms with E-state index in [2.05, 4.69) is 36.1 Å². The van der Waals surface area contributed by atoms with E-state index in [1.165, 1.54) is 0 Å². The molecule has 0 saturated carbocycles. The lowest BCUT2D eigenvalue weighted by Crippen LogP contribution is -2.36. The summed E-state index contributed by atoms with van der Waals surface area (Å²) in [6.45, 7) is 9.53. The quantitative estimate of drug-likeness (QED) is 0.732. The van der Waals surface area contributed by atoms with Crippen LogP contribution in [0.15, 0.2) is 6.07 Å². The first-order valence-corrected chi connectivity index (χ1v) is 7.36. The Labute approximate surface area is 120 Å². The Morgan fingerprint density at radius 3 is 2.32 bits per heavy atom. The van der Waals surface area contributed by atoms with Crippen LogP contribution in [0.4, 0.5) is 5.82 Å². The molecule has 0 aliphatic heterocycles. The van der Waals surface area contributed by atoms with Gasteiger partial charge in [-0.1, -0.05) is 32.4 Å². The molecule has 19 heavy (non-hydrogen) atoms. The summed E-state index contributed by atoms with van der Waals surface area (Å²) in [4.78, 5) is 8.64. The first-order valence-electron chi connectivity index (χ1n) is 6.98. The zero-order valence-electron chi connectivity index (χ0n) is 12.3. The summed E-state index contributed by atoms with van der Waals surface area (Å²) >= 11 is 6.04. The first kappa shape index (κ1) is 16.2. The second-order valence-corrected chi connectivity index (χ2v) is 4.98. The van der Waals surface area contributed by atoms with Gasteiger partial charge in [0.1, 0.15) is 17.6 Å². The van der Waals surface area contributed by atoms with Gasteiger partial charge in [-0.05, 0) is 26.2 Å². The van der Waals surface area contributed by atoms with Gasteiger partial charge in [0.2, 0.25) is 0 Å². The first-order chi connectivity index (χ1) is 9.09. The Bertz CT molecular complexity index is 386. The number of hydrogen-bond donors (Lipinski definition) is 1. The van der Waals surface area contributed by atoms with Crippen LogP contribution >= 0.6 is 11.6 Å². The van der Waals surface area contributed by atoms with Crippen molar-refractivity contribution in [2.45, 2.75) is 59.1 Å². The number of rotatable bonds is 8. The molecule has 108 valence electrons. The Morgan fingerprint density at radius 1 is 1.16 bits per heavy atom. The van der Waals surface area contributed by atoms with Gasteiger partial charge in [-0.25, -0.2) is 9.97 Å². The van der Waals surface area contributed by atoms with E-state index < -0.39 is 0 Å². The number of hydrogen-bond acceptors (Lipinski definition) is 4. The van der Waals surface area contributed by atoms with Gasteiger partial charge in [-0.15, -0.1) is 0 Å². The van der Waals surface area contributed by atoms with Crippen LogP contribution in [0.5, 0.6) is 0 Å². The summed E-state index contributed by atoms with van der Waals surface area (Å²) in [6, 6.07) is 1.77. The van der Waals surface area contributed by atoms with Crippen LogP contribution in [-0.4, -0.2) is 22.1 Å². The second-order valence-electron chi connectivity index (χ2n) is 4.60. The van der Waals surface area contributed by atoms with E-state index >= 15 is 0 Å². The Morgan fingerprint density at radius 2 is 1.79 bits per heavy atom. The number of ether oxygens (including phenoxy) is 1. The van der Waals surface area contributed by atoms with Crippen molar-refractivity contribution >= 4 is 17.4 Å². The summed E-state index contributed by atoms with van der Waals surface area (Å²) in [5.74, 6) is 1.40. The van der Waals surface area contributed by atoms with Gasteiger partial charge in [0.25, 0.3) is 0 Å². The fourth-order valence-corrected chi connectivity index (χ4v) is 2.27. The molecule has 1 rings (SSSR count). The minimum Gasteiger partial charge on any atom is -0.374 e. The van der Waals surface area contributed by atoms with E-state index in [4.69, 9.17) is 16.3 Å². The lowest BCUT2D eigenvalue weighted by molar-refractivity contribution is 0.128. The molecule has 0 fully saturated rings. The molecular formula is C14H24ClN3O. The van der Waals surface area contributed by atoms with Crippen LogP contribution < -0.4 is 5.32 Å². The molecule has 0 aliphatic carbocycles. The smallest absolute Gasteiger partial charge is 0.158 e. The average molecular weight is 286 g/mol. The highest BCUT2D eigenvalue weighted by Crippen LogP contribution is 2.25. The molecule has 0 spiro atoms. The fraction of sp³-hybridized carbons (Fsp3) is 0.714. The second kappa shape index (κ2) is 7.65. The summed E-state index contributed by atoms with van der Waals surface area (Å²) < 4.78 is 5.33. The van der Waals surface area contributed by atoms with Crippen LogP contribution in [0.3, 0.4) is 0 Å². The van der Waals surface area contributed by atoms with E-state index in [0.717, 1.165) is 25.1 Å². The summed E-state index contributed by atoms with van der Waals surface area (Å²) in [5.41, 5.74) is 0.0700. The van der Waals surface area contributed by atoms with Gasteiger partial charge in [-0.2, -0.15) is 0 Å². The number of nitrogens with one attached hydrogen (secondary N) is 1. The minimum absolute atomic E-state index is 0.0700. The maximum absolute atomic E-state index is 6.04. The molecule has 0 saturated heterocycles. The van der Waals surface area contributed by atoms with E-state index in [9.17, 15) is 0 Å². The molecule has 1 N–H and O–H groups in total. The van der Waals surface area contributed by atoms with E-state index in [1.807, 2.05) is 6.92 Å². The Balaban J connectivity index is 2.90. The maximum atomic E-state index is 6.04. The predicted molar refractivity (Wildman–Crippen MR) is 79.6 cm³/mol. The van der Waals surface area contributed by atoms with Gasteiger partial charge in [0.05, 0.1) is 0 Å². The van der Waals surface area contributed by atoms with Crippen LogP contribution in [0.2, 0.25) is 5.15 Å². The molecule has 0 atom stereocenters. The van der Waals surface area contributed by atoms with Crippen LogP contribution in [-0.2, 0) is 11.3 Å². The lowest BCUT2D eigenvalue weighted by Gasteiger charge is -2.32. The van der Waals surface area contributed by atoms with Crippen molar-refractivity contribution in [1.29, 1.82) is 0 Å². The van der Waals surface area contributed by atoms with Crippen molar-refractivity contribution in [1.82, 2.24) is 9.97 Å². The van der Waals surface area contributed by atoms with Crippen molar-refractivity contribution in [2.24, 2.45) is 0 Å². The van der Waals surface area contributed by atoms with Gasteiger partial charge in [0, 0.05) is 18.2 Å². The molecule has 0 radical (unpaired) electrons. The largest absolute Gasteiger partial charge is 0.374 e. The molecule has 4 nitrogen and oxygen atoms in total. The Hall–Kier alpha value is -0.870. The van der Waals surface area contributed by atoms with E-state index in [0.29, 0.717) is 24.2 Å². The molecule has 0 bridgehead atoms. The van der Waals surface area contributed by atoms with E-state index in [-0.39, 0.29) is 5.54 Å². The summed E-state index contributed by atoms with van der Waals surface area (Å²) in [7, 11) is 0. The third-order valence-electron chi connectivity index (χ3n) is 3.60. The monoisotopic (exact) mass is 285 g/mol. The normalized spacial score (nSPS) is 11.6. The fourth-order valence-electron chi connectivity index (χ4n) is 2.07. The molecule has 0 aromatic carbocycles. The van der Waals surface area contributed by atoms with Crippen molar-refractivity contribution in [3.63, 3.8) is 0 Å². The van der Waals surface area contributed by atoms with Crippen LogP contribution in [0.1, 0.15) is 52.8 Å². The van der Waals surface area contributed by atoms with Crippen LogP contribution in [0, 0.1) is 0 Å². The number of nitrogens with zero attached hydrogens (tertiary/aromatic N) is 2.